The molecule has 0 aromatic heterocycles. The van der Waals surface area contributed by atoms with E-state index in [9.17, 15) is 14.4 Å². The Hall–Kier alpha value is -2.57. The number of carbonyl (C=O) groups is 3. The molecule has 0 unspecified atom stereocenters. The third kappa shape index (κ3) is 6.82. The second kappa shape index (κ2) is 7.62. The van der Waals surface area contributed by atoms with Gasteiger partial charge in [-0.05, 0) is 45.0 Å². The summed E-state index contributed by atoms with van der Waals surface area (Å²) >= 11 is 0. The summed E-state index contributed by atoms with van der Waals surface area (Å²) in [5, 5.41) is 5.74. The van der Waals surface area contributed by atoms with Crippen molar-refractivity contribution in [1.82, 2.24) is 10.2 Å². The normalized spacial score (nSPS) is 10.8. The summed E-state index contributed by atoms with van der Waals surface area (Å²) in [5.74, 6) is -0.926. The molecule has 1 aromatic carbocycles. The van der Waals surface area contributed by atoms with E-state index in [1.807, 2.05) is 20.8 Å². The maximum atomic E-state index is 12.0. The van der Waals surface area contributed by atoms with Gasteiger partial charge in [0.15, 0.2) is 0 Å². The molecule has 3 amide bonds. The molecule has 0 aliphatic carbocycles. The van der Waals surface area contributed by atoms with Gasteiger partial charge in [0.05, 0.1) is 13.1 Å². The number of anilines is 1. The summed E-state index contributed by atoms with van der Waals surface area (Å²) < 4.78 is 0. The predicted molar refractivity (Wildman–Crippen MR) is 89.0 cm³/mol. The predicted octanol–water partition coefficient (Wildman–Crippen LogP) is 0.571. The number of carbonyl (C=O) groups excluding carboxylic acids is 3. The zero-order valence-electron chi connectivity index (χ0n) is 14.0. The first-order valence-electron chi connectivity index (χ1n) is 7.27. The van der Waals surface area contributed by atoms with E-state index in [1.54, 1.807) is 31.3 Å². The average molecular weight is 320 g/mol. The van der Waals surface area contributed by atoms with Crippen LogP contribution in [0.2, 0.25) is 0 Å². The number of nitrogens with one attached hydrogen (secondary N) is 2. The van der Waals surface area contributed by atoms with Crippen molar-refractivity contribution in [3.05, 3.63) is 29.8 Å². The Labute approximate surface area is 136 Å². The summed E-state index contributed by atoms with van der Waals surface area (Å²) in [4.78, 5) is 36.1. The van der Waals surface area contributed by atoms with Gasteiger partial charge in [-0.1, -0.05) is 0 Å². The van der Waals surface area contributed by atoms with Crippen molar-refractivity contribution in [2.24, 2.45) is 5.73 Å². The largest absolute Gasteiger partial charge is 0.376 e. The van der Waals surface area contributed by atoms with Crippen LogP contribution in [-0.4, -0.2) is 48.3 Å². The first kappa shape index (κ1) is 18.5. The van der Waals surface area contributed by atoms with Gasteiger partial charge in [0, 0.05) is 23.8 Å². The highest BCUT2D eigenvalue weighted by molar-refractivity contribution is 5.93. The molecule has 0 radical (unpaired) electrons. The van der Waals surface area contributed by atoms with Gasteiger partial charge >= 0.3 is 0 Å². The summed E-state index contributed by atoms with van der Waals surface area (Å²) in [6.07, 6.45) is 0. The van der Waals surface area contributed by atoms with Crippen molar-refractivity contribution in [3.8, 4) is 0 Å². The Morgan fingerprint density at radius 2 is 1.70 bits per heavy atom. The van der Waals surface area contributed by atoms with E-state index in [1.165, 1.54) is 4.90 Å². The maximum absolute atomic E-state index is 12.0. The second-order valence-electron chi connectivity index (χ2n) is 6.34. The molecule has 0 bridgehead atoms. The molecular formula is C16H24N4O3. The fourth-order valence-electron chi connectivity index (χ4n) is 1.83. The highest BCUT2D eigenvalue weighted by Crippen LogP contribution is 2.08. The monoisotopic (exact) mass is 320 g/mol. The number of likely N-dealkylation sites (N-methyl/N-ethyl adjacent to an activating group) is 1. The highest BCUT2D eigenvalue weighted by Gasteiger charge is 2.17. The van der Waals surface area contributed by atoms with Gasteiger partial charge < -0.3 is 21.3 Å². The van der Waals surface area contributed by atoms with E-state index < -0.39 is 5.91 Å². The van der Waals surface area contributed by atoms with E-state index in [-0.39, 0.29) is 30.4 Å². The second-order valence-corrected chi connectivity index (χ2v) is 6.34. The van der Waals surface area contributed by atoms with E-state index >= 15 is 0 Å². The topological polar surface area (TPSA) is 105 Å². The molecule has 0 aliphatic rings. The van der Waals surface area contributed by atoms with Gasteiger partial charge in [-0.15, -0.1) is 0 Å². The van der Waals surface area contributed by atoms with Gasteiger partial charge in [-0.3, -0.25) is 14.4 Å². The minimum Gasteiger partial charge on any atom is -0.376 e. The quantitative estimate of drug-likeness (QED) is 0.712. The lowest BCUT2D eigenvalue weighted by Crippen LogP contribution is -2.47. The summed E-state index contributed by atoms with van der Waals surface area (Å²) in [7, 11) is 1.57. The number of rotatable bonds is 6. The van der Waals surface area contributed by atoms with Crippen molar-refractivity contribution < 1.29 is 14.4 Å². The van der Waals surface area contributed by atoms with Crippen LogP contribution < -0.4 is 16.4 Å². The van der Waals surface area contributed by atoms with Crippen molar-refractivity contribution in [2.45, 2.75) is 26.3 Å². The van der Waals surface area contributed by atoms with E-state index in [0.717, 1.165) is 0 Å². The van der Waals surface area contributed by atoms with Crippen LogP contribution in [0.5, 0.6) is 0 Å². The fraction of sp³-hybridized carbons (Fsp3) is 0.438. The van der Waals surface area contributed by atoms with Gasteiger partial charge in [-0.25, -0.2) is 0 Å². The van der Waals surface area contributed by atoms with Crippen molar-refractivity contribution in [2.75, 3.05) is 25.5 Å². The number of benzene rings is 1. The molecule has 0 spiro atoms. The zero-order chi connectivity index (χ0) is 17.6. The Kier molecular flexibility index (Phi) is 6.12. The van der Waals surface area contributed by atoms with Crippen LogP contribution in [0.3, 0.4) is 0 Å². The van der Waals surface area contributed by atoms with E-state index in [2.05, 4.69) is 10.6 Å². The molecule has 4 N–H and O–H groups in total. The Bertz CT molecular complexity index is 576. The molecule has 0 fully saturated rings. The number of hydrogen-bond donors (Lipinski definition) is 3. The first-order chi connectivity index (χ1) is 10.6. The number of hydrogen-bond acceptors (Lipinski definition) is 4. The Balaban J connectivity index is 2.46. The molecular weight excluding hydrogens is 296 g/mol. The van der Waals surface area contributed by atoms with Crippen LogP contribution in [0.4, 0.5) is 5.69 Å². The summed E-state index contributed by atoms with van der Waals surface area (Å²) in [5.41, 5.74) is 5.92. The Morgan fingerprint density at radius 3 is 2.17 bits per heavy atom. The number of amides is 3. The number of primary amides is 1. The minimum atomic E-state index is -0.503. The molecule has 7 nitrogen and oxygen atoms in total. The molecule has 0 saturated carbocycles. The van der Waals surface area contributed by atoms with Crippen LogP contribution in [0.15, 0.2) is 24.3 Å². The van der Waals surface area contributed by atoms with Crippen molar-refractivity contribution in [1.29, 1.82) is 0 Å². The summed E-state index contributed by atoms with van der Waals surface area (Å²) in [6.45, 7) is 5.69. The highest BCUT2D eigenvalue weighted by atomic mass is 16.2. The van der Waals surface area contributed by atoms with Crippen LogP contribution in [0.25, 0.3) is 0 Å². The van der Waals surface area contributed by atoms with Gasteiger partial charge in [0.2, 0.25) is 17.7 Å². The lowest BCUT2D eigenvalue weighted by Gasteiger charge is -2.23. The van der Waals surface area contributed by atoms with Crippen molar-refractivity contribution in [3.63, 3.8) is 0 Å². The molecule has 1 rings (SSSR count). The molecule has 0 aliphatic heterocycles. The molecule has 0 atom stereocenters. The lowest BCUT2D eigenvalue weighted by molar-refractivity contribution is -0.133. The third-order valence-corrected chi connectivity index (χ3v) is 2.93. The molecule has 0 saturated heterocycles. The molecule has 0 heterocycles. The van der Waals surface area contributed by atoms with Crippen molar-refractivity contribution >= 4 is 23.4 Å². The molecule has 7 heteroatoms. The summed E-state index contributed by atoms with van der Waals surface area (Å²) in [6, 6.07) is 6.49. The third-order valence-electron chi connectivity index (χ3n) is 2.93. The fourth-order valence-corrected chi connectivity index (χ4v) is 1.83. The van der Waals surface area contributed by atoms with E-state index in [4.69, 9.17) is 5.73 Å². The number of nitrogens with zero attached hydrogens (tertiary/aromatic N) is 1. The van der Waals surface area contributed by atoms with Gasteiger partial charge in [0.1, 0.15) is 0 Å². The average Bonchev–Trinajstić information content (AvgIpc) is 2.42. The number of nitrogens with two attached hydrogens (primary N) is 1. The van der Waals surface area contributed by atoms with Crippen LogP contribution in [0.1, 0.15) is 31.1 Å². The lowest BCUT2D eigenvalue weighted by atomic mass is 10.1. The molecule has 126 valence electrons. The standard InChI is InChI=1S/C16H24N4O3/c1-16(2,3)19-13(21)10-20(4)14(22)9-18-12-7-5-11(6-8-12)15(17)23/h5-8,18H,9-10H2,1-4H3,(H2,17,23)(H,19,21). The smallest absolute Gasteiger partial charge is 0.248 e. The first-order valence-corrected chi connectivity index (χ1v) is 7.27. The van der Waals surface area contributed by atoms with E-state index in [0.29, 0.717) is 11.3 Å². The van der Waals surface area contributed by atoms with Crippen LogP contribution in [0, 0.1) is 0 Å². The van der Waals surface area contributed by atoms with Gasteiger partial charge in [-0.2, -0.15) is 0 Å². The van der Waals surface area contributed by atoms with Crippen LogP contribution in [-0.2, 0) is 9.59 Å². The minimum absolute atomic E-state index is 0.00159. The molecule has 1 aromatic rings. The zero-order valence-corrected chi connectivity index (χ0v) is 14.0. The van der Waals surface area contributed by atoms with Gasteiger partial charge in [0.25, 0.3) is 0 Å². The SMILES string of the molecule is CN(CC(=O)NC(C)(C)C)C(=O)CNc1ccc(C(N)=O)cc1. The Morgan fingerprint density at radius 1 is 1.13 bits per heavy atom. The molecule has 23 heavy (non-hydrogen) atoms. The van der Waals surface area contributed by atoms with Crippen LogP contribution >= 0.6 is 0 Å². The maximum Gasteiger partial charge on any atom is 0.248 e.